The summed E-state index contributed by atoms with van der Waals surface area (Å²) in [6.07, 6.45) is 3.91. The van der Waals surface area contributed by atoms with Gasteiger partial charge in [-0.3, -0.25) is 0 Å². The Kier molecular flexibility index (Phi) is 6.84. The number of methoxy groups -OCH3 is 2. The lowest BCUT2D eigenvalue weighted by atomic mass is 9.85. The third-order valence-electron chi connectivity index (χ3n) is 7.28. The number of anilines is 4. The van der Waals surface area contributed by atoms with Crippen LogP contribution in [0.4, 0.5) is 23.0 Å². The first-order valence-electron chi connectivity index (χ1n) is 12.4. The van der Waals surface area contributed by atoms with Crippen molar-refractivity contribution in [2.24, 2.45) is 0 Å². The minimum atomic E-state index is -0.0737. The Balaban J connectivity index is 1.43. The van der Waals surface area contributed by atoms with Crippen molar-refractivity contribution in [2.75, 3.05) is 49.4 Å². The fourth-order valence-corrected chi connectivity index (χ4v) is 5.37. The van der Waals surface area contributed by atoms with Crippen molar-refractivity contribution >= 4 is 34.6 Å². The molecule has 8 nitrogen and oxygen atoms in total. The van der Waals surface area contributed by atoms with E-state index in [1.165, 1.54) is 0 Å². The van der Waals surface area contributed by atoms with Gasteiger partial charge in [0.2, 0.25) is 5.95 Å². The molecule has 2 N–H and O–H groups in total. The second-order valence-corrected chi connectivity index (χ2v) is 10.5. The molecule has 0 unspecified atom stereocenters. The van der Waals surface area contributed by atoms with Crippen LogP contribution in [0.1, 0.15) is 37.8 Å². The van der Waals surface area contributed by atoms with E-state index in [0.717, 1.165) is 60.7 Å². The maximum atomic E-state index is 9.75. The summed E-state index contributed by atoms with van der Waals surface area (Å²) in [5.74, 6) is 1.07. The van der Waals surface area contributed by atoms with Gasteiger partial charge in [-0.2, -0.15) is 5.26 Å². The standard InChI is InChI=1S/C28H31ClN6O2/c1-28(2)16-32-26-18(15-30)11-17(12-20(26)28)22-5-8-31-27(33-22)34-23-13-21(29)24(14-25(23)37-4)35-9-6-19(36-3)7-10-35/h5,8,11-14,19,32H,6-7,9-10,16H2,1-4H3,(H,31,33,34). The van der Waals surface area contributed by atoms with Gasteiger partial charge in [0.1, 0.15) is 11.8 Å². The number of nitrogens with one attached hydrogen (secondary N) is 2. The van der Waals surface area contributed by atoms with Gasteiger partial charge in [0.25, 0.3) is 0 Å². The number of ether oxygens (including phenoxy) is 2. The molecule has 3 heterocycles. The highest BCUT2D eigenvalue weighted by Crippen LogP contribution is 2.42. The summed E-state index contributed by atoms with van der Waals surface area (Å²) in [6.45, 7) is 6.87. The molecule has 2 aliphatic rings. The molecular formula is C28H31ClN6O2. The second kappa shape index (κ2) is 10.1. The molecular weight excluding hydrogens is 488 g/mol. The summed E-state index contributed by atoms with van der Waals surface area (Å²) >= 11 is 6.72. The van der Waals surface area contributed by atoms with Crippen LogP contribution in [0, 0.1) is 11.3 Å². The van der Waals surface area contributed by atoms with Crippen molar-refractivity contribution in [1.29, 1.82) is 5.26 Å². The number of hydrogen-bond donors (Lipinski definition) is 2. The van der Waals surface area contributed by atoms with Gasteiger partial charge in [-0.15, -0.1) is 0 Å². The van der Waals surface area contributed by atoms with Gasteiger partial charge in [-0.25, -0.2) is 9.97 Å². The third kappa shape index (κ3) is 4.89. The van der Waals surface area contributed by atoms with Crippen LogP contribution in [-0.2, 0) is 10.2 Å². The Morgan fingerprint density at radius 2 is 1.97 bits per heavy atom. The first kappa shape index (κ1) is 25.1. The highest BCUT2D eigenvalue weighted by atomic mass is 35.5. The number of nitriles is 1. The lowest BCUT2D eigenvalue weighted by molar-refractivity contribution is 0.0819. The molecule has 5 rings (SSSR count). The molecule has 0 aliphatic carbocycles. The topological polar surface area (TPSA) is 95.3 Å². The SMILES string of the molecule is COc1cc(N2CCC(OC)CC2)c(Cl)cc1Nc1nccc(-c2cc(C#N)c3c(c2)C(C)(C)CN3)n1. The van der Waals surface area contributed by atoms with Crippen LogP contribution in [-0.4, -0.2) is 49.9 Å². The Morgan fingerprint density at radius 1 is 1.19 bits per heavy atom. The van der Waals surface area contributed by atoms with Gasteiger partial charge in [-0.1, -0.05) is 25.4 Å². The number of hydrogen-bond acceptors (Lipinski definition) is 8. The van der Waals surface area contributed by atoms with E-state index in [9.17, 15) is 5.26 Å². The van der Waals surface area contributed by atoms with Gasteiger partial charge in [0.15, 0.2) is 0 Å². The Hall–Kier alpha value is -3.54. The largest absolute Gasteiger partial charge is 0.494 e. The highest BCUT2D eigenvalue weighted by molar-refractivity contribution is 6.33. The average Bonchev–Trinajstić information content (AvgIpc) is 3.23. The van der Waals surface area contributed by atoms with Crippen molar-refractivity contribution in [2.45, 2.75) is 38.2 Å². The Bertz CT molecular complexity index is 1360. The minimum Gasteiger partial charge on any atom is -0.494 e. The molecule has 192 valence electrons. The maximum Gasteiger partial charge on any atom is 0.227 e. The molecule has 2 aromatic carbocycles. The van der Waals surface area contributed by atoms with Crippen molar-refractivity contribution in [3.05, 3.63) is 52.7 Å². The number of aromatic nitrogens is 2. The normalized spacial score (nSPS) is 16.6. The van der Waals surface area contributed by atoms with E-state index in [1.807, 2.05) is 24.3 Å². The van der Waals surface area contributed by atoms with Crippen LogP contribution in [0.25, 0.3) is 11.3 Å². The van der Waals surface area contributed by atoms with Gasteiger partial charge in [0.05, 0.1) is 46.6 Å². The monoisotopic (exact) mass is 518 g/mol. The third-order valence-corrected chi connectivity index (χ3v) is 7.58. The molecule has 9 heteroatoms. The van der Waals surface area contributed by atoms with E-state index >= 15 is 0 Å². The molecule has 37 heavy (non-hydrogen) atoms. The number of fused-ring (bicyclic) bond motifs is 1. The van der Waals surface area contributed by atoms with E-state index in [-0.39, 0.29) is 5.41 Å². The molecule has 0 radical (unpaired) electrons. The molecule has 1 saturated heterocycles. The van der Waals surface area contributed by atoms with E-state index in [4.69, 9.17) is 26.1 Å². The molecule has 3 aromatic rings. The fraction of sp³-hybridized carbons (Fsp3) is 0.393. The zero-order valence-electron chi connectivity index (χ0n) is 21.6. The van der Waals surface area contributed by atoms with Crippen LogP contribution in [0.5, 0.6) is 5.75 Å². The van der Waals surface area contributed by atoms with Gasteiger partial charge in [-0.05, 0) is 42.7 Å². The molecule has 1 aromatic heterocycles. The molecule has 0 saturated carbocycles. The molecule has 0 amide bonds. The van der Waals surface area contributed by atoms with Crippen molar-refractivity contribution in [3.63, 3.8) is 0 Å². The molecule has 2 aliphatic heterocycles. The van der Waals surface area contributed by atoms with Crippen LogP contribution in [0.2, 0.25) is 5.02 Å². The quantitative estimate of drug-likeness (QED) is 0.426. The molecule has 1 fully saturated rings. The number of halogens is 1. The molecule has 0 atom stereocenters. The number of benzene rings is 2. The van der Waals surface area contributed by atoms with Crippen molar-refractivity contribution in [1.82, 2.24) is 9.97 Å². The molecule has 0 bridgehead atoms. The van der Waals surface area contributed by atoms with E-state index in [1.54, 1.807) is 20.4 Å². The van der Waals surface area contributed by atoms with Crippen LogP contribution >= 0.6 is 11.6 Å². The Labute approximate surface area is 222 Å². The van der Waals surface area contributed by atoms with E-state index in [0.29, 0.717) is 34.1 Å². The van der Waals surface area contributed by atoms with E-state index < -0.39 is 0 Å². The smallest absolute Gasteiger partial charge is 0.227 e. The summed E-state index contributed by atoms with van der Waals surface area (Å²) in [5, 5.41) is 17.0. The minimum absolute atomic E-state index is 0.0737. The van der Waals surface area contributed by atoms with Crippen LogP contribution in [0.15, 0.2) is 36.5 Å². The first-order valence-corrected chi connectivity index (χ1v) is 12.8. The summed E-state index contributed by atoms with van der Waals surface area (Å²) in [4.78, 5) is 11.4. The predicted octanol–water partition coefficient (Wildman–Crippen LogP) is 5.74. The van der Waals surface area contributed by atoms with Gasteiger partial charge in [0, 0.05) is 50.0 Å². The zero-order valence-corrected chi connectivity index (χ0v) is 22.3. The summed E-state index contributed by atoms with van der Waals surface area (Å²) in [5.41, 5.74) is 5.78. The van der Waals surface area contributed by atoms with Gasteiger partial charge < -0.3 is 25.0 Å². The van der Waals surface area contributed by atoms with Crippen LogP contribution < -0.4 is 20.3 Å². The summed E-state index contributed by atoms with van der Waals surface area (Å²) in [6, 6.07) is 12.0. The maximum absolute atomic E-state index is 9.75. The second-order valence-electron chi connectivity index (χ2n) is 10.1. The Morgan fingerprint density at radius 3 is 2.68 bits per heavy atom. The average molecular weight is 519 g/mol. The number of nitrogens with zero attached hydrogens (tertiary/aromatic N) is 4. The lowest BCUT2D eigenvalue weighted by Gasteiger charge is -2.33. The van der Waals surface area contributed by atoms with Crippen LogP contribution in [0.3, 0.4) is 0 Å². The predicted molar refractivity (Wildman–Crippen MR) is 147 cm³/mol. The zero-order chi connectivity index (χ0) is 26.2. The van der Waals surface area contributed by atoms with Crippen molar-refractivity contribution in [3.8, 4) is 23.1 Å². The summed E-state index contributed by atoms with van der Waals surface area (Å²) < 4.78 is 11.2. The fourth-order valence-electron chi connectivity index (χ4n) is 5.09. The van der Waals surface area contributed by atoms with E-state index in [2.05, 4.69) is 46.5 Å². The molecule has 0 spiro atoms. The first-order chi connectivity index (χ1) is 17.8. The highest BCUT2D eigenvalue weighted by Gasteiger charge is 2.32. The van der Waals surface area contributed by atoms with Crippen molar-refractivity contribution < 1.29 is 9.47 Å². The number of rotatable bonds is 6. The lowest BCUT2D eigenvalue weighted by Crippen LogP contribution is -2.36. The van der Waals surface area contributed by atoms with Gasteiger partial charge >= 0.3 is 0 Å². The number of piperidine rings is 1. The summed E-state index contributed by atoms with van der Waals surface area (Å²) in [7, 11) is 3.40.